The summed E-state index contributed by atoms with van der Waals surface area (Å²) in [7, 11) is 0. The van der Waals surface area contributed by atoms with E-state index in [4.69, 9.17) is 0 Å². The lowest BCUT2D eigenvalue weighted by atomic mass is 9.85. The summed E-state index contributed by atoms with van der Waals surface area (Å²) >= 11 is 0. The van der Waals surface area contributed by atoms with E-state index in [0.717, 1.165) is 30.8 Å². The van der Waals surface area contributed by atoms with Gasteiger partial charge in [-0.25, -0.2) is 9.67 Å². The van der Waals surface area contributed by atoms with Crippen LogP contribution in [0.2, 0.25) is 0 Å². The van der Waals surface area contributed by atoms with Crippen LogP contribution in [-0.2, 0) is 4.79 Å². The number of carbonyl (C=O) groups excluding carboxylic acids is 1. The first-order chi connectivity index (χ1) is 8.83. The highest BCUT2D eigenvalue weighted by Gasteiger charge is 2.25. The van der Waals surface area contributed by atoms with Gasteiger partial charge in [0.1, 0.15) is 0 Å². The predicted molar refractivity (Wildman–Crippen MR) is 67.3 cm³/mol. The fourth-order valence-corrected chi connectivity index (χ4v) is 1.91. The Morgan fingerprint density at radius 3 is 2.83 bits per heavy atom. The van der Waals surface area contributed by atoms with Gasteiger partial charge in [-0.2, -0.15) is 5.10 Å². The number of hydrogen-bond donors (Lipinski definition) is 1. The highest BCUT2D eigenvalue weighted by molar-refractivity contribution is 5.92. The Balaban J connectivity index is 1.69. The molecule has 1 aliphatic rings. The molecule has 0 aliphatic heterocycles. The van der Waals surface area contributed by atoms with Crippen LogP contribution in [0.5, 0.6) is 0 Å². The van der Waals surface area contributed by atoms with Gasteiger partial charge in [-0.05, 0) is 31.0 Å². The lowest BCUT2D eigenvalue weighted by Gasteiger charge is -2.23. The van der Waals surface area contributed by atoms with Gasteiger partial charge in [0.15, 0.2) is 5.82 Å². The number of carbonyl (C=O) groups is 1. The highest BCUT2D eigenvalue weighted by atomic mass is 16.1. The zero-order valence-electron chi connectivity index (χ0n) is 9.91. The largest absolute Gasteiger partial charge is 0.324 e. The van der Waals surface area contributed by atoms with Crippen molar-refractivity contribution in [3.8, 4) is 5.82 Å². The molecule has 5 nitrogen and oxygen atoms in total. The lowest BCUT2D eigenvalue weighted by molar-refractivity contribution is -0.122. The van der Waals surface area contributed by atoms with Crippen LogP contribution < -0.4 is 5.32 Å². The molecule has 0 saturated heterocycles. The van der Waals surface area contributed by atoms with E-state index < -0.39 is 0 Å². The molecule has 1 fully saturated rings. The minimum Gasteiger partial charge on any atom is -0.324 e. The maximum Gasteiger partial charge on any atom is 0.227 e. The van der Waals surface area contributed by atoms with Crippen LogP contribution in [0.15, 0.2) is 36.8 Å². The van der Waals surface area contributed by atoms with Crippen molar-refractivity contribution >= 4 is 11.6 Å². The maximum absolute atomic E-state index is 11.8. The summed E-state index contributed by atoms with van der Waals surface area (Å²) in [5, 5.41) is 6.98. The summed E-state index contributed by atoms with van der Waals surface area (Å²) in [5.74, 6) is 1.03. The molecule has 1 N–H and O–H groups in total. The molecule has 3 rings (SSSR count). The molecule has 2 heterocycles. The molecule has 0 bridgehead atoms. The third kappa shape index (κ3) is 2.11. The normalized spacial score (nSPS) is 15.1. The van der Waals surface area contributed by atoms with Crippen LogP contribution >= 0.6 is 0 Å². The average molecular weight is 242 g/mol. The van der Waals surface area contributed by atoms with Crippen LogP contribution in [0, 0.1) is 5.92 Å². The van der Waals surface area contributed by atoms with Gasteiger partial charge < -0.3 is 5.32 Å². The summed E-state index contributed by atoms with van der Waals surface area (Å²) in [5.41, 5.74) is 0.739. The fraction of sp³-hybridized carbons (Fsp3) is 0.308. The molecule has 0 atom stereocenters. The molecule has 18 heavy (non-hydrogen) atoms. The molecule has 0 radical (unpaired) electrons. The van der Waals surface area contributed by atoms with Gasteiger partial charge in [0.25, 0.3) is 0 Å². The summed E-state index contributed by atoms with van der Waals surface area (Å²) < 4.78 is 1.68. The summed E-state index contributed by atoms with van der Waals surface area (Å²) in [6.07, 6.45) is 8.36. The van der Waals surface area contributed by atoms with Crippen molar-refractivity contribution in [2.45, 2.75) is 19.3 Å². The molecule has 0 spiro atoms. The van der Waals surface area contributed by atoms with E-state index in [1.165, 1.54) is 0 Å². The fourth-order valence-electron chi connectivity index (χ4n) is 1.91. The molecule has 92 valence electrons. The zero-order valence-corrected chi connectivity index (χ0v) is 9.91. The average Bonchev–Trinajstić information content (AvgIpc) is 2.81. The van der Waals surface area contributed by atoms with Crippen molar-refractivity contribution in [3.63, 3.8) is 0 Å². The minimum atomic E-state index is 0.106. The summed E-state index contributed by atoms with van der Waals surface area (Å²) in [6, 6.07) is 5.53. The molecule has 1 aliphatic carbocycles. The molecular weight excluding hydrogens is 228 g/mol. The summed E-state index contributed by atoms with van der Waals surface area (Å²) in [4.78, 5) is 16.0. The number of aromatic nitrogens is 3. The zero-order chi connectivity index (χ0) is 12.4. The number of amides is 1. The number of nitrogens with one attached hydrogen (secondary N) is 1. The number of pyridine rings is 1. The van der Waals surface area contributed by atoms with Gasteiger partial charge in [0.05, 0.1) is 11.9 Å². The first-order valence-corrected chi connectivity index (χ1v) is 6.10. The van der Waals surface area contributed by atoms with E-state index in [2.05, 4.69) is 15.4 Å². The van der Waals surface area contributed by atoms with E-state index in [1.807, 2.05) is 24.4 Å². The third-order valence-corrected chi connectivity index (χ3v) is 3.23. The molecule has 2 aromatic rings. The first kappa shape index (κ1) is 11.0. The van der Waals surface area contributed by atoms with E-state index in [-0.39, 0.29) is 11.8 Å². The molecule has 0 aromatic carbocycles. The van der Waals surface area contributed by atoms with E-state index in [0.29, 0.717) is 0 Å². The van der Waals surface area contributed by atoms with Crippen molar-refractivity contribution in [2.75, 3.05) is 5.32 Å². The van der Waals surface area contributed by atoms with Gasteiger partial charge in [-0.3, -0.25) is 4.79 Å². The van der Waals surface area contributed by atoms with Gasteiger partial charge >= 0.3 is 0 Å². The van der Waals surface area contributed by atoms with Gasteiger partial charge in [-0.1, -0.05) is 6.42 Å². The van der Waals surface area contributed by atoms with Gasteiger partial charge in [0.2, 0.25) is 5.91 Å². The van der Waals surface area contributed by atoms with Crippen molar-refractivity contribution in [3.05, 3.63) is 36.8 Å². The number of hydrogen-bond acceptors (Lipinski definition) is 3. The van der Waals surface area contributed by atoms with Crippen molar-refractivity contribution in [2.24, 2.45) is 5.92 Å². The lowest BCUT2D eigenvalue weighted by Crippen LogP contribution is -2.28. The van der Waals surface area contributed by atoms with Gasteiger partial charge in [-0.15, -0.1) is 0 Å². The second-order valence-electron chi connectivity index (χ2n) is 4.47. The maximum atomic E-state index is 11.8. The SMILES string of the molecule is O=C(Nc1ccc(-n2cccn2)nc1)C1CCC1. The Labute approximate surface area is 105 Å². The standard InChI is InChI=1S/C13H14N4O/c18-13(10-3-1-4-10)16-11-5-6-12(14-9-11)17-8-2-7-15-17/h2,5-10H,1,3-4H2,(H,16,18). The molecule has 1 amide bonds. The van der Waals surface area contributed by atoms with Crippen molar-refractivity contribution in [1.82, 2.24) is 14.8 Å². The van der Waals surface area contributed by atoms with E-state index in [9.17, 15) is 4.79 Å². The molecular formula is C13H14N4O. The second-order valence-corrected chi connectivity index (χ2v) is 4.47. The second kappa shape index (κ2) is 4.60. The Hall–Kier alpha value is -2.17. The number of nitrogens with zero attached hydrogens (tertiary/aromatic N) is 3. The Kier molecular flexibility index (Phi) is 2.80. The quantitative estimate of drug-likeness (QED) is 0.895. The Morgan fingerprint density at radius 2 is 2.28 bits per heavy atom. The van der Waals surface area contributed by atoms with E-state index >= 15 is 0 Å². The first-order valence-electron chi connectivity index (χ1n) is 6.10. The predicted octanol–water partition coefficient (Wildman–Crippen LogP) is 2.01. The number of anilines is 1. The smallest absolute Gasteiger partial charge is 0.227 e. The molecule has 5 heteroatoms. The van der Waals surface area contributed by atoms with E-state index in [1.54, 1.807) is 17.1 Å². The van der Waals surface area contributed by atoms with Crippen LogP contribution in [0.3, 0.4) is 0 Å². The van der Waals surface area contributed by atoms with Crippen molar-refractivity contribution < 1.29 is 4.79 Å². The molecule has 2 aromatic heterocycles. The molecule has 1 saturated carbocycles. The van der Waals surface area contributed by atoms with Crippen LogP contribution in [0.4, 0.5) is 5.69 Å². The Bertz CT molecular complexity index is 529. The third-order valence-electron chi connectivity index (χ3n) is 3.23. The monoisotopic (exact) mass is 242 g/mol. The van der Waals surface area contributed by atoms with Gasteiger partial charge in [0, 0.05) is 18.3 Å². The van der Waals surface area contributed by atoms with Crippen LogP contribution in [-0.4, -0.2) is 20.7 Å². The molecule has 0 unspecified atom stereocenters. The van der Waals surface area contributed by atoms with Crippen molar-refractivity contribution in [1.29, 1.82) is 0 Å². The summed E-state index contributed by atoms with van der Waals surface area (Å²) in [6.45, 7) is 0. The minimum absolute atomic E-state index is 0.106. The topological polar surface area (TPSA) is 59.8 Å². The highest BCUT2D eigenvalue weighted by Crippen LogP contribution is 2.27. The number of rotatable bonds is 3. The van der Waals surface area contributed by atoms with Crippen LogP contribution in [0.25, 0.3) is 5.82 Å². The van der Waals surface area contributed by atoms with Crippen LogP contribution in [0.1, 0.15) is 19.3 Å². The Morgan fingerprint density at radius 1 is 1.39 bits per heavy atom.